The van der Waals surface area contributed by atoms with E-state index in [1.165, 1.54) is 4.31 Å². The molecule has 0 spiro atoms. The molecule has 7 heteroatoms. The lowest BCUT2D eigenvalue weighted by Crippen LogP contribution is -2.53. The Morgan fingerprint density at radius 1 is 1.53 bits per heavy atom. The van der Waals surface area contributed by atoms with Crippen molar-refractivity contribution in [2.45, 2.75) is 26.0 Å². The number of rotatable bonds is 4. The Kier molecular flexibility index (Phi) is 4.19. The molecule has 1 aliphatic rings. The van der Waals surface area contributed by atoms with Gasteiger partial charge in [0.1, 0.15) is 0 Å². The number of aromatic nitrogens is 1. The van der Waals surface area contributed by atoms with Crippen LogP contribution in [0.4, 0.5) is 0 Å². The molecular weight excluding hydrogens is 266 g/mol. The molecule has 0 aromatic carbocycles. The number of ether oxygens (including phenoxy) is 1. The van der Waals surface area contributed by atoms with Crippen LogP contribution >= 0.6 is 0 Å². The second kappa shape index (κ2) is 5.54. The Hall–Kier alpha value is -1.02. The zero-order valence-corrected chi connectivity index (χ0v) is 12.0. The summed E-state index contributed by atoms with van der Waals surface area (Å²) in [5, 5.41) is 0. The first-order valence-corrected chi connectivity index (χ1v) is 7.61. The van der Waals surface area contributed by atoms with Crippen molar-refractivity contribution < 1.29 is 13.2 Å². The highest BCUT2D eigenvalue weighted by atomic mass is 32.2. The van der Waals surface area contributed by atoms with Crippen LogP contribution in [0.2, 0.25) is 0 Å². The summed E-state index contributed by atoms with van der Waals surface area (Å²) in [5.74, 6) is 0. The van der Waals surface area contributed by atoms with E-state index in [1.54, 1.807) is 18.5 Å². The molecule has 0 aliphatic carbocycles. The fourth-order valence-corrected chi connectivity index (χ4v) is 3.27. The third-order valence-corrected chi connectivity index (χ3v) is 4.41. The SMILES string of the molecule is CC1(C)CN(S(=O)(=O)NCc2cccnc2)CCO1. The van der Waals surface area contributed by atoms with Gasteiger partial charge in [-0.05, 0) is 25.5 Å². The zero-order valence-electron chi connectivity index (χ0n) is 11.2. The molecule has 1 saturated heterocycles. The van der Waals surface area contributed by atoms with Crippen molar-refractivity contribution in [2.24, 2.45) is 0 Å². The van der Waals surface area contributed by atoms with Crippen LogP contribution in [-0.2, 0) is 21.5 Å². The van der Waals surface area contributed by atoms with E-state index in [0.717, 1.165) is 5.56 Å². The molecule has 2 heterocycles. The summed E-state index contributed by atoms with van der Waals surface area (Å²) in [6, 6.07) is 3.61. The van der Waals surface area contributed by atoms with Gasteiger partial charge >= 0.3 is 0 Å². The minimum atomic E-state index is -3.48. The Morgan fingerprint density at radius 2 is 2.32 bits per heavy atom. The maximum absolute atomic E-state index is 12.2. The molecule has 0 bridgehead atoms. The predicted octanol–water partition coefficient (Wildman–Crippen LogP) is 0.527. The average Bonchev–Trinajstić information content (AvgIpc) is 2.37. The van der Waals surface area contributed by atoms with Crippen LogP contribution in [0.3, 0.4) is 0 Å². The molecule has 1 fully saturated rings. The summed E-state index contributed by atoms with van der Waals surface area (Å²) >= 11 is 0. The van der Waals surface area contributed by atoms with Crippen molar-refractivity contribution in [3.63, 3.8) is 0 Å². The molecule has 1 aliphatic heterocycles. The molecule has 106 valence electrons. The molecule has 0 atom stereocenters. The van der Waals surface area contributed by atoms with Crippen molar-refractivity contribution in [1.82, 2.24) is 14.0 Å². The summed E-state index contributed by atoms with van der Waals surface area (Å²) < 4.78 is 33.9. The number of nitrogens with zero attached hydrogens (tertiary/aromatic N) is 2. The second-order valence-corrected chi connectivity index (χ2v) is 6.88. The number of nitrogens with one attached hydrogen (secondary N) is 1. The van der Waals surface area contributed by atoms with Crippen molar-refractivity contribution in [3.05, 3.63) is 30.1 Å². The van der Waals surface area contributed by atoms with Crippen LogP contribution in [-0.4, -0.2) is 43.0 Å². The monoisotopic (exact) mass is 285 g/mol. The van der Waals surface area contributed by atoms with Gasteiger partial charge in [0, 0.05) is 32.0 Å². The van der Waals surface area contributed by atoms with Crippen LogP contribution in [0.5, 0.6) is 0 Å². The fourth-order valence-electron chi connectivity index (χ4n) is 1.95. The molecule has 6 nitrogen and oxygen atoms in total. The summed E-state index contributed by atoms with van der Waals surface area (Å²) in [5.41, 5.74) is 0.389. The lowest BCUT2D eigenvalue weighted by Gasteiger charge is -2.37. The molecular formula is C12H19N3O3S. The van der Waals surface area contributed by atoms with E-state index in [-0.39, 0.29) is 6.54 Å². The lowest BCUT2D eigenvalue weighted by molar-refractivity contribution is -0.0643. The highest BCUT2D eigenvalue weighted by Crippen LogP contribution is 2.18. The average molecular weight is 285 g/mol. The van der Waals surface area contributed by atoms with Crippen LogP contribution in [0.1, 0.15) is 19.4 Å². The quantitative estimate of drug-likeness (QED) is 0.876. The lowest BCUT2D eigenvalue weighted by atomic mass is 10.1. The van der Waals surface area contributed by atoms with Gasteiger partial charge in [0.2, 0.25) is 0 Å². The third kappa shape index (κ3) is 3.97. The fraction of sp³-hybridized carbons (Fsp3) is 0.583. The van der Waals surface area contributed by atoms with Gasteiger partial charge < -0.3 is 4.74 Å². The highest BCUT2D eigenvalue weighted by Gasteiger charge is 2.33. The van der Waals surface area contributed by atoms with E-state index in [9.17, 15) is 8.42 Å². The van der Waals surface area contributed by atoms with Crippen LogP contribution in [0.25, 0.3) is 0 Å². The molecule has 2 rings (SSSR count). The van der Waals surface area contributed by atoms with E-state index in [2.05, 4.69) is 9.71 Å². The number of hydrogen-bond acceptors (Lipinski definition) is 4. The van der Waals surface area contributed by atoms with Gasteiger partial charge in [0.15, 0.2) is 0 Å². The van der Waals surface area contributed by atoms with Crippen LogP contribution < -0.4 is 4.72 Å². The standard InChI is InChI=1S/C12H19N3O3S/c1-12(2)10-15(6-7-18-12)19(16,17)14-9-11-4-3-5-13-8-11/h3-5,8,14H,6-7,9-10H2,1-2H3. The van der Waals surface area contributed by atoms with E-state index in [0.29, 0.717) is 19.7 Å². The number of hydrogen-bond donors (Lipinski definition) is 1. The summed E-state index contributed by atoms with van der Waals surface area (Å²) in [6.45, 7) is 5.17. The molecule has 1 aromatic rings. The molecule has 0 radical (unpaired) electrons. The Labute approximate surface area is 114 Å². The van der Waals surface area contributed by atoms with Gasteiger partial charge in [-0.25, -0.2) is 0 Å². The molecule has 0 saturated carbocycles. The Bertz CT molecular complexity index is 516. The Morgan fingerprint density at radius 3 is 2.95 bits per heavy atom. The second-order valence-electron chi connectivity index (χ2n) is 5.13. The maximum atomic E-state index is 12.2. The van der Waals surface area contributed by atoms with E-state index in [4.69, 9.17) is 4.74 Å². The topological polar surface area (TPSA) is 71.5 Å². The normalized spacial score (nSPS) is 20.3. The van der Waals surface area contributed by atoms with E-state index in [1.807, 2.05) is 19.9 Å². The van der Waals surface area contributed by atoms with Crippen molar-refractivity contribution >= 4 is 10.2 Å². The highest BCUT2D eigenvalue weighted by molar-refractivity contribution is 7.87. The van der Waals surface area contributed by atoms with Crippen molar-refractivity contribution in [1.29, 1.82) is 0 Å². The number of pyridine rings is 1. The first-order valence-electron chi connectivity index (χ1n) is 6.17. The molecule has 1 aromatic heterocycles. The number of morpholine rings is 1. The van der Waals surface area contributed by atoms with E-state index >= 15 is 0 Å². The predicted molar refractivity (Wildman–Crippen MR) is 71.6 cm³/mol. The smallest absolute Gasteiger partial charge is 0.279 e. The summed E-state index contributed by atoms with van der Waals surface area (Å²) in [6.07, 6.45) is 3.30. The van der Waals surface area contributed by atoms with Gasteiger partial charge in [-0.15, -0.1) is 0 Å². The largest absolute Gasteiger partial charge is 0.373 e. The minimum absolute atomic E-state index is 0.244. The van der Waals surface area contributed by atoms with Gasteiger partial charge in [-0.2, -0.15) is 17.4 Å². The molecule has 19 heavy (non-hydrogen) atoms. The van der Waals surface area contributed by atoms with Crippen LogP contribution in [0.15, 0.2) is 24.5 Å². The molecule has 1 N–H and O–H groups in total. The van der Waals surface area contributed by atoms with Gasteiger partial charge in [0.25, 0.3) is 10.2 Å². The Balaban J connectivity index is 1.98. The first-order chi connectivity index (χ1) is 8.89. The van der Waals surface area contributed by atoms with Gasteiger partial charge in [-0.3, -0.25) is 4.98 Å². The summed E-state index contributed by atoms with van der Waals surface area (Å²) in [7, 11) is -3.48. The maximum Gasteiger partial charge on any atom is 0.279 e. The minimum Gasteiger partial charge on any atom is -0.373 e. The summed E-state index contributed by atoms with van der Waals surface area (Å²) in [4.78, 5) is 3.95. The van der Waals surface area contributed by atoms with Crippen molar-refractivity contribution in [2.75, 3.05) is 19.7 Å². The third-order valence-electron chi connectivity index (χ3n) is 2.91. The van der Waals surface area contributed by atoms with Crippen molar-refractivity contribution in [3.8, 4) is 0 Å². The van der Waals surface area contributed by atoms with Crippen LogP contribution in [0, 0.1) is 0 Å². The molecule has 0 unspecified atom stereocenters. The van der Waals surface area contributed by atoms with Gasteiger partial charge in [0.05, 0.1) is 12.2 Å². The molecule has 0 amide bonds. The van der Waals surface area contributed by atoms with Gasteiger partial charge in [-0.1, -0.05) is 6.07 Å². The zero-order chi connectivity index (χ0) is 13.9. The first kappa shape index (κ1) is 14.4. The van der Waals surface area contributed by atoms with E-state index < -0.39 is 15.8 Å².